The topological polar surface area (TPSA) is 78.5 Å². The van der Waals surface area contributed by atoms with Crippen LogP contribution in [0.5, 0.6) is 0 Å². The zero-order valence-corrected chi connectivity index (χ0v) is 14.1. The molecule has 0 spiro atoms. The van der Waals surface area contributed by atoms with E-state index in [9.17, 15) is 4.79 Å². The summed E-state index contributed by atoms with van der Waals surface area (Å²) in [6.07, 6.45) is 12.2. The van der Waals surface area contributed by atoms with Crippen LogP contribution in [0.25, 0.3) is 0 Å². The molecule has 0 N–H and O–H groups in total. The average molecular weight is 318 g/mol. The standard InChI is InChI=1S/C16H26N6O/c1-3-5-7-9-11-15-19-14(10-8-6-4-2)20-22(15)16(23)21-13-17-12-18-21/h12-13H,3-11H2,1-2H3. The molecule has 0 saturated carbocycles. The highest BCUT2D eigenvalue weighted by atomic mass is 16.2. The van der Waals surface area contributed by atoms with Crippen LogP contribution in [-0.2, 0) is 12.8 Å². The van der Waals surface area contributed by atoms with E-state index in [1.54, 1.807) is 0 Å². The zero-order chi connectivity index (χ0) is 16.5. The number of carbonyl (C=O) groups excluding carboxylic acids is 1. The van der Waals surface area contributed by atoms with E-state index >= 15 is 0 Å². The van der Waals surface area contributed by atoms with Gasteiger partial charge in [0, 0.05) is 12.8 Å². The fourth-order valence-corrected chi connectivity index (χ4v) is 2.46. The van der Waals surface area contributed by atoms with Gasteiger partial charge < -0.3 is 0 Å². The third-order valence-electron chi connectivity index (χ3n) is 3.77. The fraction of sp³-hybridized carbons (Fsp3) is 0.688. The summed E-state index contributed by atoms with van der Waals surface area (Å²) in [5.41, 5.74) is 0. The van der Waals surface area contributed by atoms with E-state index in [0.29, 0.717) is 0 Å². The third kappa shape index (κ3) is 4.97. The molecule has 2 rings (SSSR count). The molecule has 2 aromatic heterocycles. The van der Waals surface area contributed by atoms with Crippen LogP contribution in [0.3, 0.4) is 0 Å². The molecule has 2 aromatic rings. The van der Waals surface area contributed by atoms with Gasteiger partial charge in [0.05, 0.1) is 0 Å². The van der Waals surface area contributed by atoms with Crippen molar-refractivity contribution >= 4 is 6.03 Å². The first-order valence-electron chi connectivity index (χ1n) is 8.60. The minimum atomic E-state index is -0.317. The molecular formula is C16H26N6O. The lowest BCUT2D eigenvalue weighted by Gasteiger charge is -2.03. The number of aryl methyl sites for hydroxylation is 2. The molecule has 0 radical (unpaired) electrons. The Balaban J connectivity index is 2.10. The van der Waals surface area contributed by atoms with Crippen LogP contribution in [0.1, 0.15) is 70.4 Å². The SMILES string of the molecule is CCCCCCc1nc(CCCCC)nn1C(=O)n1cncn1. The molecule has 0 amide bonds. The Morgan fingerprint density at radius 2 is 1.78 bits per heavy atom. The van der Waals surface area contributed by atoms with Crippen molar-refractivity contribution in [3.63, 3.8) is 0 Å². The Kier molecular flexibility index (Phi) is 6.90. The number of hydrogen-bond donors (Lipinski definition) is 0. The maximum Gasteiger partial charge on any atom is 0.372 e. The molecule has 7 heteroatoms. The summed E-state index contributed by atoms with van der Waals surface area (Å²) in [6.45, 7) is 4.35. The van der Waals surface area contributed by atoms with Crippen LogP contribution in [0.15, 0.2) is 12.7 Å². The van der Waals surface area contributed by atoms with Crippen molar-refractivity contribution in [2.75, 3.05) is 0 Å². The maximum atomic E-state index is 12.5. The van der Waals surface area contributed by atoms with Crippen LogP contribution < -0.4 is 0 Å². The Morgan fingerprint density at radius 3 is 2.48 bits per heavy atom. The van der Waals surface area contributed by atoms with Gasteiger partial charge in [-0.05, 0) is 12.8 Å². The van der Waals surface area contributed by atoms with Crippen LogP contribution in [0.2, 0.25) is 0 Å². The molecule has 7 nitrogen and oxygen atoms in total. The molecule has 0 fully saturated rings. The lowest BCUT2D eigenvalue weighted by Crippen LogP contribution is -2.23. The molecule has 0 saturated heterocycles. The van der Waals surface area contributed by atoms with Gasteiger partial charge in [0.15, 0.2) is 5.82 Å². The number of aromatic nitrogens is 6. The molecule has 126 valence electrons. The highest BCUT2D eigenvalue weighted by molar-refractivity contribution is 5.77. The quantitative estimate of drug-likeness (QED) is 0.663. The monoisotopic (exact) mass is 318 g/mol. The highest BCUT2D eigenvalue weighted by Crippen LogP contribution is 2.10. The van der Waals surface area contributed by atoms with E-state index in [-0.39, 0.29) is 6.03 Å². The summed E-state index contributed by atoms with van der Waals surface area (Å²) >= 11 is 0. The van der Waals surface area contributed by atoms with Gasteiger partial charge >= 0.3 is 6.03 Å². The molecule has 0 aliphatic heterocycles. The fourth-order valence-electron chi connectivity index (χ4n) is 2.46. The van der Waals surface area contributed by atoms with Crippen molar-refractivity contribution in [1.82, 2.24) is 29.5 Å². The van der Waals surface area contributed by atoms with Gasteiger partial charge in [-0.2, -0.15) is 14.5 Å². The number of unbranched alkanes of at least 4 members (excludes halogenated alkanes) is 5. The van der Waals surface area contributed by atoms with E-state index in [0.717, 1.165) is 56.6 Å². The van der Waals surface area contributed by atoms with Crippen LogP contribution in [0.4, 0.5) is 4.79 Å². The number of nitrogens with zero attached hydrogens (tertiary/aromatic N) is 6. The van der Waals surface area contributed by atoms with Gasteiger partial charge in [-0.1, -0.05) is 46.0 Å². The Hall–Kier alpha value is -2.05. The lowest BCUT2D eigenvalue weighted by molar-refractivity contribution is 0.237. The number of rotatable bonds is 9. The Bertz CT molecular complexity index is 590. The molecule has 0 aliphatic rings. The van der Waals surface area contributed by atoms with Crippen LogP contribution in [-0.4, -0.2) is 35.6 Å². The predicted octanol–water partition coefficient (Wildman–Crippen LogP) is 3.24. The zero-order valence-electron chi connectivity index (χ0n) is 14.1. The Labute approximate surface area is 137 Å². The average Bonchev–Trinajstić information content (AvgIpc) is 3.21. The van der Waals surface area contributed by atoms with Crippen molar-refractivity contribution in [2.24, 2.45) is 0 Å². The minimum absolute atomic E-state index is 0.317. The van der Waals surface area contributed by atoms with Gasteiger partial charge in [0.25, 0.3) is 0 Å². The first-order valence-corrected chi connectivity index (χ1v) is 8.60. The first kappa shape index (κ1) is 17.3. The molecule has 0 aliphatic carbocycles. The lowest BCUT2D eigenvalue weighted by atomic mass is 10.1. The van der Waals surface area contributed by atoms with Gasteiger partial charge in [-0.3, -0.25) is 0 Å². The third-order valence-corrected chi connectivity index (χ3v) is 3.77. The molecule has 0 bridgehead atoms. The van der Waals surface area contributed by atoms with E-state index < -0.39 is 0 Å². The van der Waals surface area contributed by atoms with Crippen molar-refractivity contribution < 1.29 is 4.79 Å². The normalized spacial score (nSPS) is 11.0. The van der Waals surface area contributed by atoms with Crippen LogP contribution >= 0.6 is 0 Å². The predicted molar refractivity (Wildman–Crippen MR) is 87.3 cm³/mol. The largest absolute Gasteiger partial charge is 0.372 e. The van der Waals surface area contributed by atoms with E-state index in [2.05, 4.69) is 34.0 Å². The second-order valence-electron chi connectivity index (χ2n) is 5.75. The van der Waals surface area contributed by atoms with Crippen molar-refractivity contribution in [2.45, 2.75) is 71.6 Å². The summed E-state index contributed by atoms with van der Waals surface area (Å²) in [4.78, 5) is 20.9. The summed E-state index contributed by atoms with van der Waals surface area (Å²) in [5, 5.41) is 8.30. The molecule has 2 heterocycles. The van der Waals surface area contributed by atoms with Gasteiger partial charge in [-0.15, -0.1) is 5.10 Å². The summed E-state index contributed by atoms with van der Waals surface area (Å²) in [6, 6.07) is -0.317. The molecule has 0 atom stereocenters. The Morgan fingerprint density at radius 1 is 1.04 bits per heavy atom. The second kappa shape index (κ2) is 9.17. The maximum absolute atomic E-state index is 12.5. The first-order chi connectivity index (χ1) is 11.3. The van der Waals surface area contributed by atoms with Gasteiger partial charge in [-0.25, -0.2) is 14.8 Å². The van der Waals surface area contributed by atoms with Crippen LogP contribution in [0, 0.1) is 0 Å². The number of carbonyl (C=O) groups is 1. The molecular weight excluding hydrogens is 292 g/mol. The van der Waals surface area contributed by atoms with Crippen molar-refractivity contribution in [3.05, 3.63) is 24.3 Å². The number of hydrogen-bond acceptors (Lipinski definition) is 5. The minimum Gasteiger partial charge on any atom is -0.243 e. The van der Waals surface area contributed by atoms with E-state index in [1.165, 1.54) is 34.9 Å². The van der Waals surface area contributed by atoms with Gasteiger partial charge in [0.1, 0.15) is 18.5 Å². The summed E-state index contributed by atoms with van der Waals surface area (Å²) in [7, 11) is 0. The smallest absolute Gasteiger partial charge is 0.243 e. The molecule has 23 heavy (non-hydrogen) atoms. The van der Waals surface area contributed by atoms with Crippen molar-refractivity contribution in [3.8, 4) is 0 Å². The highest BCUT2D eigenvalue weighted by Gasteiger charge is 2.17. The van der Waals surface area contributed by atoms with E-state index in [1.807, 2.05) is 0 Å². The van der Waals surface area contributed by atoms with Gasteiger partial charge in [0.2, 0.25) is 0 Å². The second-order valence-corrected chi connectivity index (χ2v) is 5.75. The van der Waals surface area contributed by atoms with Crippen molar-refractivity contribution in [1.29, 1.82) is 0 Å². The molecule has 0 unspecified atom stereocenters. The summed E-state index contributed by atoms with van der Waals surface area (Å²) in [5.74, 6) is 1.48. The van der Waals surface area contributed by atoms with E-state index in [4.69, 9.17) is 0 Å². The summed E-state index contributed by atoms with van der Waals surface area (Å²) < 4.78 is 2.59. The molecule has 0 aromatic carbocycles.